The van der Waals surface area contributed by atoms with Gasteiger partial charge in [0.25, 0.3) is 11.8 Å². The molecule has 0 fully saturated rings. The van der Waals surface area contributed by atoms with E-state index in [1.807, 2.05) is 42.5 Å². The van der Waals surface area contributed by atoms with Gasteiger partial charge in [0.2, 0.25) is 17.9 Å². The molecule has 0 saturated carbocycles. The minimum Gasteiger partial charge on any atom is -0.338 e. The Hall–Kier alpha value is -4.73. The highest BCUT2D eigenvalue weighted by molar-refractivity contribution is 6.43. The molecule has 4 rings (SSSR count). The zero-order valence-electron chi connectivity index (χ0n) is 19.9. The van der Waals surface area contributed by atoms with Crippen molar-refractivity contribution < 1.29 is 28.0 Å². The Morgan fingerprint density at radius 1 is 0.946 bits per heavy atom. The number of benzene rings is 3. The van der Waals surface area contributed by atoms with E-state index < -0.39 is 52.9 Å². The second-order valence-electron chi connectivity index (χ2n) is 8.35. The topological polar surface area (TPSA) is 108 Å². The lowest BCUT2D eigenvalue weighted by atomic mass is 10.0. The number of ketones is 1. The van der Waals surface area contributed by atoms with Crippen molar-refractivity contribution in [3.63, 3.8) is 0 Å². The normalized spacial score (nSPS) is 15.7. The van der Waals surface area contributed by atoms with Crippen LogP contribution in [-0.4, -0.2) is 48.5 Å². The maximum Gasteiger partial charge on any atom is 0.293 e. The zero-order valence-corrected chi connectivity index (χ0v) is 19.9. The molecule has 0 bridgehead atoms. The standard InChI is InChI=1S/C27H22F2N4O4/c1-15(30-26(36)23(34)17-12-18(28)14-19(29)13-17)25(35)32-24-27(37)33(2)21-11-7-6-10-20(21)22(31-24)16-8-4-3-5-9-16/h3-15,24H,1-2H3,(H,30,36)(H,32,35)/t15-,24?/m0/s1. The van der Waals surface area contributed by atoms with E-state index in [0.29, 0.717) is 35.2 Å². The van der Waals surface area contributed by atoms with Gasteiger partial charge in [0.05, 0.1) is 11.4 Å². The highest BCUT2D eigenvalue weighted by atomic mass is 19.1. The molecule has 10 heteroatoms. The molecule has 188 valence electrons. The fraction of sp³-hybridized carbons (Fsp3) is 0.148. The van der Waals surface area contributed by atoms with Gasteiger partial charge in [-0.15, -0.1) is 0 Å². The fourth-order valence-electron chi connectivity index (χ4n) is 3.85. The number of Topliss-reactive ketones (excluding diaryl/α,β-unsaturated/α-hetero) is 1. The van der Waals surface area contributed by atoms with E-state index in [-0.39, 0.29) is 0 Å². The molecule has 0 spiro atoms. The van der Waals surface area contributed by atoms with Crippen LogP contribution in [0.4, 0.5) is 14.5 Å². The van der Waals surface area contributed by atoms with Crippen molar-refractivity contribution in [1.29, 1.82) is 0 Å². The number of carbonyl (C=O) groups excluding carboxylic acids is 4. The number of halogens is 2. The summed E-state index contributed by atoms with van der Waals surface area (Å²) in [4.78, 5) is 56.7. The number of hydrogen-bond acceptors (Lipinski definition) is 5. The first-order valence-electron chi connectivity index (χ1n) is 11.3. The molecule has 2 N–H and O–H groups in total. The molecule has 1 aliphatic rings. The zero-order chi connectivity index (χ0) is 26.7. The van der Waals surface area contributed by atoms with Crippen molar-refractivity contribution in [2.75, 3.05) is 11.9 Å². The lowest BCUT2D eigenvalue weighted by molar-refractivity contribution is -0.129. The number of para-hydroxylation sites is 1. The Labute approximate surface area is 211 Å². The van der Waals surface area contributed by atoms with E-state index in [4.69, 9.17) is 0 Å². The molecule has 0 aromatic heterocycles. The van der Waals surface area contributed by atoms with Gasteiger partial charge in [0, 0.05) is 29.8 Å². The SMILES string of the molecule is C[C@H](NC(=O)C(=O)c1cc(F)cc(F)c1)C(=O)NC1N=C(c2ccccc2)c2ccccc2N(C)C1=O. The lowest BCUT2D eigenvalue weighted by Crippen LogP contribution is -2.53. The summed E-state index contributed by atoms with van der Waals surface area (Å²) in [7, 11) is 1.56. The molecule has 8 nitrogen and oxygen atoms in total. The number of nitrogens with zero attached hydrogens (tertiary/aromatic N) is 2. The first-order valence-corrected chi connectivity index (χ1v) is 11.3. The average Bonchev–Trinajstić information content (AvgIpc) is 2.98. The first-order chi connectivity index (χ1) is 17.7. The summed E-state index contributed by atoms with van der Waals surface area (Å²) in [5.41, 5.74) is 2.00. The monoisotopic (exact) mass is 504 g/mol. The molecule has 3 amide bonds. The Morgan fingerprint density at radius 3 is 2.24 bits per heavy atom. The van der Waals surface area contributed by atoms with Gasteiger partial charge >= 0.3 is 0 Å². The van der Waals surface area contributed by atoms with Crippen LogP contribution in [-0.2, 0) is 14.4 Å². The van der Waals surface area contributed by atoms with Gasteiger partial charge in [0.1, 0.15) is 17.7 Å². The van der Waals surface area contributed by atoms with Gasteiger partial charge in [-0.3, -0.25) is 19.2 Å². The van der Waals surface area contributed by atoms with Crippen LogP contribution in [0.15, 0.2) is 77.8 Å². The third-order valence-electron chi connectivity index (χ3n) is 5.74. The molecule has 0 saturated heterocycles. The molecule has 0 radical (unpaired) electrons. The van der Waals surface area contributed by atoms with Crippen LogP contribution >= 0.6 is 0 Å². The molecule has 37 heavy (non-hydrogen) atoms. The Kier molecular flexibility index (Phi) is 7.19. The Balaban J connectivity index is 1.56. The van der Waals surface area contributed by atoms with Crippen molar-refractivity contribution in [2.24, 2.45) is 4.99 Å². The second-order valence-corrected chi connectivity index (χ2v) is 8.35. The highest BCUT2D eigenvalue weighted by Crippen LogP contribution is 2.27. The summed E-state index contributed by atoms with van der Waals surface area (Å²) < 4.78 is 26.8. The van der Waals surface area contributed by atoms with Gasteiger partial charge in [0.15, 0.2) is 0 Å². The van der Waals surface area contributed by atoms with E-state index in [0.717, 1.165) is 5.56 Å². The number of carbonyl (C=O) groups is 4. The maximum absolute atomic E-state index is 13.4. The largest absolute Gasteiger partial charge is 0.338 e. The van der Waals surface area contributed by atoms with Crippen LogP contribution in [0.3, 0.4) is 0 Å². The molecule has 1 unspecified atom stereocenters. The molecule has 3 aromatic rings. The fourth-order valence-corrected chi connectivity index (χ4v) is 3.85. The number of fused-ring (bicyclic) bond motifs is 1. The summed E-state index contributed by atoms with van der Waals surface area (Å²) in [6.07, 6.45) is -1.33. The summed E-state index contributed by atoms with van der Waals surface area (Å²) >= 11 is 0. The average molecular weight is 504 g/mol. The molecule has 3 aromatic carbocycles. The number of likely N-dealkylation sites (N-methyl/N-ethyl adjacent to an activating group) is 1. The van der Waals surface area contributed by atoms with Gasteiger partial charge in [-0.1, -0.05) is 48.5 Å². The van der Waals surface area contributed by atoms with Crippen molar-refractivity contribution in [1.82, 2.24) is 10.6 Å². The quantitative estimate of drug-likeness (QED) is 0.398. The van der Waals surface area contributed by atoms with Gasteiger partial charge < -0.3 is 15.5 Å². The van der Waals surface area contributed by atoms with Crippen LogP contribution in [0.5, 0.6) is 0 Å². The Bertz CT molecular complexity index is 1400. The van der Waals surface area contributed by atoms with E-state index in [9.17, 15) is 28.0 Å². The van der Waals surface area contributed by atoms with E-state index >= 15 is 0 Å². The predicted octanol–water partition coefficient (Wildman–Crippen LogP) is 2.61. The summed E-state index contributed by atoms with van der Waals surface area (Å²) in [5.74, 6) is -5.81. The number of nitrogens with one attached hydrogen (secondary N) is 2. The van der Waals surface area contributed by atoms with E-state index in [1.165, 1.54) is 11.8 Å². The van der Waals surface area contributed by atoms with Gasteiger partial charge in [-0.2, -0.15) is 0 Å². The lowest BCUT2D eigenvalue weighted by Gasteiger charge is -2.22. The molecule has 0 aliphatic carbocycles. The van der Waals surface area contributed by atoms with Crippen molar-refractivity contribution in [3.8, 4) is 0 Å². The first kappa shape index (κ1) is 25.4. The third kappa shape index (κ3) is 5.43. The number of benzodiazepines with no additional fused rings is 1. The van der Waals surface area contributed by atoms with Crippen molar-refractivity contribution >= 4 is 34.9 Å². The molecule has 2 atom stereocenters. The number of rotatable bonds is 6. The third-order valence-corrected chi connectivity index (χ3v) is 5.74. The van der Waals surface area contributed by atoms with Crippen LogP contribution < -0.4 is 15.5 Å². The van der Waals surface area contributed by atoms with Gasteiger partial charge in [-0.25, -0.2) is 13.8 Å². The number of anilines is 1. The van der Waals surface area contributed by atoms with E-state index in [1.54, 1.807) is 19.2 Å². The minimum absolute atomic E-state index is 0.485. The number of hydrogen-bond donors (Lipinski definition) is 2. The summed E-state index contributed by atoms with van der Waals surface area (Å²) in [5, 5.41) is 4.70. The van der Waals surface area contributed by atoms with Crippen LogP contribution in [0.2, 0.25) is 0 Å². The minimum atomic E-state index is -1.33. The maximum atomic E-state index is 13.4. The molecule has 1 heterocycles. The smallest absolute Gasteiger partial charge is 0.293 e. The summed E-state index contributed by atoms with van der Waals surface area (Å²) in [6, 6.07) is 17.0. The second kappa shape index (κ2) is 10.5. The molecular weight excluding hydrogens is 482 g/mol. The van der Waals surface area contributed by atoms with E-state index in [2.05, 4.69) is 15.6 Å². The van der Waals surface area contributed by atoms with Gasteiger partial charge in [-0.05, 0) is 25.1 Å². The van der Waals surface area contributed by atoms with Crippen LogP contribution in [0.25, 0.3) is 0 Å². The predicted molar refractivity (Wildman–Crippen MR) is 132 cm³/mol. The number of aliphatic imine (C=N–C) groups is 1. The summed E-state index contributed by atoms with van der Waals surface area (Å²) in [6.45, 7) is 1.30. The molecular formula is C27H22F2N4O4. The highest BCUT2D eigenvalue weighted by Gasteiger charge is 2.32. The molecule has 1 aliphatic heterocycles. The van der Waals surface area contributed by atoms with Crippen molar-refractivity contribution in [2.45, 2.75) is 19.1 Å². The van der Waals surface area contributed by atoms with Crippen molar-refractivity contribution in [3.05, 3.63) is 101 Å². The van der Waals surface area contributed by atoms with Crippen LogP contribution in [0.1, 0.15) is 28.4 Å². The number of amides is 3. The Morgan fingerprint density at radius 2 is 1.57 bits per heavy atom. The van der Waals surface area contributed by atoms with Crippen LogP contribution in [0, 0.1) is 11.6 Å².